The molecule has 0 saturated carbocycles. The van der Waals surface area contributed by atoms with Gasteiger partial charge in [0.25, 0.3) is 0 Å². The van der Waals surface area contributed by atoms with E-state index in [9.17, 15) is 4.79 Å². The maximum absolute atomic E-state index is 12.4. The zero-order chi connectivity index (χ0) is 14.5. The van der Waals surface area contributed by atoms with Gasteiger partial charge in [-0.3, -0.25) is 4.79 Å². The molecule has 3 nitrogen and oxygen atoms in total. The first-order valence-corrected chi connectivity index (χ1v) is 7.73. The van der Waals surface area contributed by atoms with E-state index in [4.69, 9.17) is 0 Å². The molecule has 1 aliphatic heterocycles. The van der Waals surface area contributed by atoms with Crippen LogP contribution >= 0.6 is 12.6 Å². The van der Waals surface area contributed by atoms with Gasteiger partial charge < -0.3 is 9.80 Å². The Morgan fingerprint density at radius 1 is 1.45 bits per heavy atom. The zero-order valence-corrected chi connectivity index (χ0v) is 13.2. The van der Waals surface area contributed by atoms with Gasteiger partial charge in [0.2, 0.25) is 5.91 Å². The molecular formula is C16H24N2OS. The van der Waals surface area contributed by atoms with Crippen LogP contribution in [0.5, 0.6) is 0 Å². The van der Waals surface area contributed by atoms with Gasteiger partial charge in [0.15, 0.2) is 0 Å². The Labute approximate surface area is 127 Å². The van der Waals surface area contributed by atoms with Gasteiger partial charge in [0.1, 0.15) is 0 Å². The van der Waals surface area contributed by atoms with E-state index < -0.39 is 0 Å². The summed E-state index contributed by atoms with van der Waals surface area (Å²) < 4.78 is 0. The number of carbonyl (C=O) groups is 1. The first-order valence-electron chi connectivity index (χ1n) is 7.21. The lowest BCUT2D eigenvalue weighted by Gasteiger charge is -2.24. The Hall–Kier alpha value is -1.00. The van der Waals surface area contributed by atoms with E-state index in [0.29, 0.717) is 12.3 Å². The van der Waals surface area contributed by atoms with Crippen LogP contribution in [0.15, 0.2) is 30.3 Å². The van der Waals surface area contributed by atoms with Gasteiger partial charge in [0.05, 0.1) is 5.25 Å². The summed E-state index contributed by atoms with van der Waals surface area (Å²) >= 11 is 4.49. The summed E-state index contributed by atoms with van der Waals surface area (Å²) in [6.45, 7) is 3.07. The van der Waals surface area contributed by atoms with Gasteiger partial charge in [-0.2, -0.15) is 12.6 Å². The Morgan fingerprint density at radius 3 is 2.75 bits per heavy atom. The summed E-state index contributed by atoms with van der Waals surface area (Å²) in [4.78, 5) is 16.5. The lowest BCUT2D eigenvalue weighted by atomic mass is 10.1. The van der Waals surface area contributed by atoms with E-state index >= 15 is 0 Å². The molecule has 1 saturated heterocycles. The Bertz CT molecular complexity index is 437. The van der Waals surface area contributed by atoms with Crippen molar-refractivity contribution in [3.63, 3.8) is 0 Å². The maximum atomic E-state index is 12.4. The van der Waals surface area contributed by atoms with Gasteiger partial charge >= 0.3 is 0 Å². The van der Waals surface area contributed by atoms with Crippen molar-refractivity contribution >= 4 is 18.5 Å². The van der Waals surface area contributed by atoms with Crippen molar-refractivity contribution in [3.05, 3.63) is 35.9 Å². The fraction of sp³-hybridized carbons (Fsp3) is 0.562. The molecular weight excluding hydrogens is 268 g/mol. The molecule has 0 aliphatic carbocycles. The minimum absolute atomic E-state index is 0.131. The monoisotopic (exact) mass is 292 g/mol. The fourth-order valence-corrected chi connectivity index (χ4v) is 3.24. The van der Waals surface area contributed by atoms with E-state index in [1.165, 1.54) is 6.42 Å². The smallest absolute Gasteiger partial charge is 0.235 e. The van der Waals surface area contributed by atoms with Gasteiger partial charge in [-0.05, 0) is 37.9 Å². The molecule has 1 aromatic carbocycles. The highest BCUT2D eigenvalue weighted by atomic mass is 32.1. The second kappa shape index (κ2) is 7.14. The standard InChI is InChI=1S/C16H24N2OS/c1-17-9-8-14(11-17)12-18(2)16(19)15(20)10-13-6-4-3-5-7-13/h3-7,14-15,20H,8-12H2,1-2H3. The molecule has 1 aliphatic rings. The molecule has 0 bridgehead atoms. The average molecular weight is 292 g/mol. The van der Waals surface area contributed by atoms with Crippen LogP contribution in [0, 0.1) is 5.92 Å². The maximum Gasteiger partial charge on any atom is 0.235 e. The number of amides is 1. The minimum atomic E-state index is -0.249. The molecule has 0 aromatic heterocycles. The molecule has 110 valence electrons. The van der Waals surface area contributed by atoms with Crippen LogP contribution in [0.2, 0.25) is 0 Å². The van der Waals surface area contributed by atoms with E-state index in [1.54, 1.807) is 0 Å². The fourth-order valence-electron chi connectivity index (χ4n) is 2.83. The predicted octanol–water partition coefficient (Wildman–Crippen LogP) is 1.94. The summed E-state index contributed by atoms with van der Waals surface area (Å²) in [6.07, 6.45) is 1.88. The van der Waals surface area contributed by atoms with E-state index in [2.05, 4.69) is 24.6 Å². The molecule has 2 rings (SSSR count). The summed E-state index contributed by atoms with van der Waals surface area (Å²) in [5, 5.41) is -0.249. The zero-order valence-electron chi connectivity index (χ0n) is 12.3. The lowest BCUT2D eigenvalue weighted by Crippen LogP contribution is -2.38. The Morgan fingerprint density at radius 2 is 2.15 bits per heavy atom. The Balaban J connectivity index is 1.83. The quantitative estimate of drug-likeness (QED) is 0.839. The highest BCUT2D eigenvalue weighted by molar-refractivity contribution is 7.81. The van der Waals surface area contributed by atoms with Crippen molar-refractivity contribution in [3.8, 4) is 0 Å². The molecule has 0 radical (unpaired) electrons. The Kier molecular flexibility index (Phi) is 5.49. The van der Waals surface area contributed by atoms with Crippen LogP contribution in [-0.2, 0) is 11.2 Å². The third-order valence-corrected chi connectivity index (χ3v) is 4.36. The van der Waals surface area contributed by atoms with Crippen LogP contribution in [0.1, 0.15) is 12.0 Å². The SMILES string of the molecule is CN1CCC(CN(C)C(=O)C(S)Cc2ccccc2)C1. The molecule has 0 spiro atoms. The third kappa shape index (κ3) is 4.25. The molecule has 2 atom stereocenters. The lowest BCUT2D eigenvalue weighted by molar-refractivity contribution is -0.129. The second-order valence-electron chi connectivity index (χ2n) is 5.84. The number of hydrogen-bond donors (Lipinski definition) is 1. The number of thiol groups is 1. The molecule has 20 heavy (non-hydrogen) atoms. The molecule has 1 amide bonds. The number of hydrogen-bond acceptors (Lipinski definition) is 3. The van der Waals surface area contributed by atoms with Crippen molar-refractivity contribution < 1.29 is 4.79 Å². The van der Waals surface area contributed by atoms with Gasteiger partial charge in [-0.15, -0.1) is 0 Å². The van der Waals surface area contributed by atoms with Crippen LogP contribution in [0.4, 0.5) is 0 Å². The number of rotatable bonds is 5. The number of likely N-dealkylation sites (tertiary alicyclic amines) is 1. The topological polar surface area (TPSA) is 23.6 Å². The molecule has 1 aromatic rings. The third-order valence-electron chi connectivity index (χ3n) is 3.95. The number of benzene rings is 1. The molecule has 2 unspecified atom stereocenters. The van der Waals surface area contributed by atoms with Crippen molar-refractivity contribution in [1.82, 2.24) is 9.80 Å². The average Bonchev–Trinajstić information content (AvgIpc) is 2.84. The van der Waals surface area contributed by atoms with Crippen LogP contribution in [0.3, 0.4) is 0 Å². The van der Waals surface area contributed by atoms with Gasteiger partial charge in [0, 0.05) is 20.1 Å². The molecule has 0 N–H and O–H groups in total. The minimum Gasteiger partial charge on any atom is -0.344 e. The summed E-state index contributed by atoms with van der Waals surface area (Å²) in [6, 6.07) is 10.1. The van der Waals surface area contributed by atoms with Crippen LogP contribution in [-0.4, -0.2) is 54.7 Å². The number of carbonyl (C=O) groups excluding carboxylic acids is 1. The first kappa shape index (κ1) is 15.4. The second-order valence-corrected chi connectivity index (χ2v) is 6.46. The normalized spacial score (nSPS) is 20.9. The highest BCUT2D eigenvalue weighted by Gasteiger charge is 2.25. The first-order chi connectivity index (χ1) is 9.56. The number of nitrogens with zero attached hydrogens (tertiary/aromatic N) is 2. The van der Waals surface area contributed by atoms with Crippen molar-refractivity contribution in [2.24, 2.45) is 5.92 Å². The summed E-state index contributed by atoms with van der Waals surface area (Å²) in [5.41, 5.74) is 1.16. The predicted molar refractivity (Wildman–Crippen MR) is 86.2 cm³/mol. The van der Waals surface area contributed by atoms with Crippen molar-refractivity contribution in [2.45, 2.75) is 18.1 Å². The molecule has 1 heterocycles. The van der Waals surface area contributed by atoms with Crippen molar-refractivity contribution in [2.75, 3.05) is 33.7 Å². The molecule has 1 fully saturated rings. The summed E-state index contributed by atoms with van der Waals surface area (Å²) in [5.74, 6) is 0.734. The van der Waals surface area contributed by atoms with Gasteiger partial charge in [-0.25, -0.2) is 0 Å². The van der Waals surface area contributed by atoms with Crippen LogP contribution in [0.25, 0.3) is 0 Å². The van der Waals surface area contributed by atoms with Gasteiger partial charge in [-0.1, -0.05) is 30.3 Å². The van der Waals surface area contributed by atoms with E-state index in [1.807, 2.05) is 42.3 Å². The highest BCUT2D eigenvalue weighted by Crippen LogP contribution is 2.17. The van der Waals surface area contributed by atoms with Crippen LogP contribution < -0.4 is 0 Å². The summed E-state index contributed by atoms with van der Waals surface area (Å²) in [7, 11) is 4.04. The van der Waals surface area contributed by atoms with Crippen molar-refractivity contribution in [1.29, 1.82) is 0 Å². The van der Waals surface area contributed by atoms with E-state index in [-0.39, 0.29) is 11.2 Å². The molecule has 4 heteroatoms. The van der Waals surface area contributed by atoms with E-state index in [0.717, 1.165) is 25.2 Å². The largest absolute Gasteiger partial charge is 0.344 e.